The summed E-state index contributed by atoms with van der Waals surface area (Å²) in [5.41, 5.74) is 3.08. The highest BCUT2D eigenvalue weighted by Gasteiger charge is 2.26. The summed E-state index contributed by atoms with van der Waals surface area (Å²) in [5, 5.41) is 13.6. The molecule has 5 nitrogen and oxygen atoms in total. The van der Waals surface area contributed by atoms with E-state index in [-0.39, 0.29) is 12.1 Å². The van der Waals surface area contributed by atoms with Crippen molar-refractivity contribution in [3.63, 3.8) is 0 Å². The smallest absolute Gasteiger partial charge is 0.339 e. The Kier molecular flexibility index (Phi) is 4.66. The number of aromatic nitrogens is 2. The van der Waals surface area contributed by atoms with Crippen molar-refractivity contribution in [1.82, 2.24) is 9.55 Å². The Morgan fingerprint density at radius 2 is 1.97 bits per heavy atom. The van der Waals surface area contributed by atoms with Crippen molar-refractivity contribution in [2.45, 2.75) is 25.3 Å². The van der Waals surface area contributed by atoms with E-state index in [9.17, 15) is 18.7 Å². The van der Waals surface area contributed by atoms with Gasteiger partial charge in [0.15, 0.2) is 0 Å². The summed E-state index contributed by atoms with van der Waals surface area (Å²) in [6.07, 6.45) is 5.72. The zero-order valence-electron chi connectivity index (χ0n) is 16.5. The summed E-state index contributed by atoms with van der Waals surface area (Å²) < 4.78 is 29.0. The fraction of sp³-hybridized carbons (Fsp3) is 0.167. The van der Waals surface area contributed by atoms with Gasteiger partial charge in [-0.25, -0.2) is 18.6 Å². The molecule has 156 valence electrons. The van der Waals surface area contributed by atoms with E-state index in [1.54, 1.807) is 12.3 Å². The van der Waals surface area contributed by atoms with Gasteiger partial charge in [0.25, 0.3) is 0 Å². The summed E-state index contributed by atoms with van der Waals surface area (Å²) in [4.78, 5) is 16.1. The largest absolute Gasteiger partial charge is 0.478 e. The molecule has 0 spiro atoms. The number of hydrogen-bond acceptors (Lipinski definition) is 3. The minimum absolute atomic E-state index is 0.147. The first-order chi connectivity index (χ1) is 15.0. The number of rotatable bonds is 6. The molecule has 1 saturated carbocycles. The van der Waals surface area contributed by atoms with E-state index in [0.717, 1.165) is 35.4 Å². The van der Waals surface area contributed by atoms with Crippen molar-refractivity contribution in [2.24, 2.45) is 0 Å². The molecule has 0 bridgehead atoms. The predicted octanol–water partition coefficient (Wildman–Crippen LogP) is 5.68. The third kappa shape index (κ3) is 3.86. The molecule has 7 heteroatoms. The van der Waals surface area contributed by atoms with Crippen molar-refractivity contribution in [3.05, 3.63) is 89.2 Å². The zero-order chi connectivity index (χ0) is 21.5. The van der Waals surface area contributed by atoms with Crippen LogP contribution in [-0.2, 0) is 6.54 Å². The van der Waals surface area contributed by atoms with Crippen molar-refractivity contribution in [2.75, 3.05) is 5.32 Å². The van der Waals surface area contributed by atoms with E-state index >= 15 is 0 Å². The number of hydrogen-bond donors (Lipinski definition) is 2. The summed E-state index contributed by atoms with van der Waals surface area (Å²) in [5.74, 6) is -1.49. The van der Waals surface area contributed by atoms with Crippen molar-refractivity contribution >= 4 is 28.4 Å². The lowest BCUT2D eigenvalue weighted by Gasteiger charge is -2.11. The first-order valence-electron chi connectivity index (χ1n) is 10.0. The van der Waals surface area contributed by atoms with Crippen LogP contribution in [0, 0.1) is 11.6 Å². The van der Waals surface area contributed by atoms with Gasteiger partial charge in [-0.3, -0.25) is 0 Å². The molecule has 0 atom stereocenters. The molecule has 0 aliphatic heterocycles. The normalized spacial score (nSPS) is 13.5. The fourth-order valence-electron chi connectivity index (χ4n) is 3.77. The lowest BCUT2D eigenvalue weighted by molar-refractivity contribution is 0.0697. The number of carboxylic acids is 1. The maximum atomic E-state index is 14.0. The Labute approximate surface area is 177 Å². The Hall–Kier alpha value is -3.74. The third-order valence-corrected chi connectivity index (χ3v) is 5.58. The van der Waals surface area contributed by atoms with Crippen LogP contribution < -0.4 is 5.32 Å². The first kappa shape index (κ1) is 19.2. The van der Waals surface area contributed by atoms with Gasteiger partial charge < -0.3 is 15.0 Å². The predicted molar refractivity (Wildman–Crippen MR) is 114 cm³/mol. The van der Waals surface area contributed by atoms with Gasteiger partial charge in [-0.1, -0.05) is 6.07 Å². The highest BCUT2D eigenvalue weighted by Crippen LogP contribution is 2.40. The molecule has 31 heavy (non-hydrogen) atoms. The molecule has 2 aromatic carbocycles. The lowest BCUT2D eigenvalue weighted by atomic mass is 10.1. The van der Waals surface area contributed by atoms with Crippen molar-refractivity contribution < 1.29 is 18.7 Å². The van der Waals surface area contributed by atoms with Gasteiger partial charge in [-0.15, -0.1) is 0 Å². The maximum absolute atomic E-state index is 14.0. The number of carbonyl (C=O) groups is 1. The molecule has 5 rings (SSSR count). The van der Waals surface area contributed by atoms with E-state index in [0.29, 0.717) is 23.0 Å². The molecular formula is C24H19F2N3O2. The minimum atomic E-state index is -1.02. The molecule has 2 heterocycles. The standard InChI is InChI=1S/C24H19F2N3O2/c25-18-4-3-16(21(26)11-18)13-29-8-7-15-9-19(5-6-22(15)29)28-23-20(24(30)31)10-17(12-27-23)14-1-2-14/h3-12,14H,1-2,13H2,(H,27,28)(H,30,31). The van der Waals surface area contributed by atoms with E-state index in [1.807, 2.05) is 35.0 Å². The van der Waals surface area contributed by atoms with Crippen LogP contribution in [0.5, 0.6) is 0 Å². The highest BCUT2D eigenvalue weighted by molar-refractivity contribution is 5.94. The quantitative estimate of drug-likeness (QED) is 0.422. The summed E-state index contributed by atoms with van der Waals surface area (Å²) >= 11 is 0. The number of carboxylic acid groups (broad SMARTS) is 1. The zero-order valence-corrected chi connectivity index (χ0v) is 16.5. The fourth-order valence-corrected chi connectivity index (χ4v) is 3.77. The molecule has 2 aromatic heterocycles. The number of fused-ring (bicyclic) bond motifs is 1. The second-order valence-corrected chi connectivity index (χ2v) is 7.82. The highest BCUT2D eigenvalue weighted by atomic mass is 19.1. The van der Waals surface area contributed by atoms with E-state index in [1.165, 1.54) is 12.1 Å². The van der Waals surface area contributed by atoms with Crippen molar-refractivity contribution in [1.29, 1.82) is 0 Å². The van der Waals surface area contributed by atoms with E-state index in [2.05, 4.69) is 10.3 Å². The van der Waals surface area contributed by atoms with Crippen LogP contribution in [0.25, 0.3) is 10.9 Å². The molecule has 0 amide bonds. The molecule has 4 aromatic rings. The SMILES string of the molecule is O=C(O)c1cc(C2CC2)cnc1Nc1ccc2c(ccn2Cc2ccc(F)cc2F)c1. The molecule has 1 aliphatic rings. The van der Waals surface area contributed by atoms with Gasteiger partial charge in [0, 0.05) is 40.6 Å². The number of pyridine rings is 1. The second kappa shape index (κ2) is 7.50. The number of aromatic carboxylic acids is 1. The van der Waals surface area contributed by atoms with Gasteiger partial charge in [-0.05, 0) is 60.7 Å². The van der Waals surface area contributed by atoms with E-state index in [4.69, 9.17) is 0 Å². The second-order valence-electron chi connectivity index (χ2n) is 7.82. The number of nitrogens with zero attached hydrogens (tertiary/aromatic N) is 2. The molecular weight excluding hydrogens is 400 g/mol. The van der Waals surface area contributed by atoms with Gasteiger partial charge in [0.2, 0.25) is 0 Å². The van der Waals surface area contributed by atoms with E-state index < -0.39 is 17.6 Å². The van der Waals surface area contributed by atoms with Gasteiger partial charge >= 0.3 is 5.97 Å². The van der Waals surface area contributed by atoms with Crippen LogP contribution in [0.3, 0.4) is 0 Å². The van der Waals surface area contributed by atoms with Gasteiger partial charge in [0.05, 0.1) is 6.54 Å². The van der Waals surface area contributed by atoms with Crippen LogP contribution in [0.15, 0.2) is 60.9 Å². The van der Waals surface area contributed by atoms with Crippen LogP contribution in [0.2, 0.25) is 0 Å². The maximum Gasteiger partial charge on any atom is 0.339 e. The lowest BCUT2D eigenvalue weighted by Crippen LogP contribution is -2.06. The monoisotopic (exact) mass is 419 g/mol. The average Bonchev–Trinajstić information content (AvgIpc) is 3.52. The van der Waals surface area contributed by atoms with Crippen LogP contribution >= 0.6 is 0 Å². The third-order valence-electron chi connectivity index (χ3n) is 5.58. The first-order valence-corrected chi connectivity index (χ1v) is 10.0. The number of anilines is 2. The Balaban J connectivity index is 1.42. The average molecular weight is 419 g/mol. The Bertz CT molecular complexity index is 1310. The number of nitrogens with one attached hydrogen (secondary N) is 1. The number of benzene rings is 2. The number of halogens is 2. The topological polar surface area (TPSA) is 67.2 Å². The van der Waals surface area contributed by atoms with Crippen LogP contribution in [0.1, 0.15) is 40.2 Å². The molecule has 0 radical (unpaired) electrons. The minimum Gasteiger partial charge on any atom is -0.478 e. The Morgan fingerprint density at radius 3 is 2.71 bits per heavy atom. The summed E-state index contributed by atoms with van der Waals surface area (Å²) in [6, 6.07) is 12.7. The Morgan fingerprint density at radius 1 is 1.13 bits per heavy atom. The molecule has 0 unspecified atom stereocenters. The van der Waals surface area contributed by atoms with Crippen LogP contribution in [-0.4, -0.2) is 20.6 Å². The molecule has 0 saturated heterocycles. The van der Waals surface area contributed by atoms with Gasteiger partial charge in [0.1, 0.15) is 23.0 Å². The molecule has 1 fully saturated rings. The molecule has 1 aliphatic carbocycles. The van der Waals surface area contributed by atoms with Crippen molar-refractivity contribution in [3.8, 4) is 0 Å². The molecule has 2 N–H and O–H groups in total. The summed E-state index contributed by atoms with van der Waals surface area (Å²) in [6.45, 7) is 0.274. The summed E-state index contributed by atoms with van der Waals surface area (Å²) in [7, 11) is 0. The van der Waals surface area contributed by atoms with Crippen LogP contribution in [0.4, 0.5) is 20.3 Å². The van der Waals surface area contributed by atoms with Gasteiger partial charge in [-0.2, -0.15) is 0 Å².